The second-order valence-electron chi connectivity index (χ2n) is 6.90. The zero-order chi connectivity index (χ0) is 17.2. The van der Waals surface area contributed by atoms with Crippen molar-refractivity contribution in [3.63, 3.8) is 0 Å². The van der Waals surface area contributed by atoms with Crippen molar-refractivity contribution in [1.29, 1.82) is 0 Å². The van der Waals surface area contributed by atoms with Crippen LogP contribution in [0.4, 0.5) is 5.69 Å². The van der Waals surface area contributed by atoms with Crippen LogP contribution in [0.1, 0.15) is 47.6 Å². The van der Waals surface area contributed by atoms with Crippen molar-refractivity contribution in [2.45, 2.75) is 31.7 Å². The van der Waals surface area contributed by atoms with Crippen LogP contribution in [0.2, 0.25) is 0 Å². The molecule has 1 aliphatic heterocycles. The lowest BCUT2D eigenvalue weighted by Gasteiger charge is -2.20. The maximum absolute atomic E-state index is 12.8. The van der Waals surface area contributed by atoms with Crippen molar-refractivity contribution < 1.29 is 9.59 Å². The van der Waals surface area contributed by atoms with Crippen molar-refractivity contribution in [2.24, 2.45) is 5.92 Å². The number of carbonyl (C=O) groups excluding carboxylic acids is 2. The van der Waals surface area contributed by atoms with Crippen molar-refractivity contribution >= 4 is 17.5 Å². The van der Waals surface area contributed by atoms with Crippen LogP contribution in [0.15, 0.2) is 54.6 Å². The van der Waals surface area contributed by atoms with Gasteiger partial charge in [0.25, 0.3) is 5.91 Å². The Labute approximate surface area is 147 Å². The van der Waals surface area contributed by atoms with E-state index in [9.17, 15) is 9.59 Å². The van der Waals surface area contributed by atoms with E-state index >= 15 is 0 Å². The highest BCUT2D eigenvalue weighted by Crippen LogP contribution is 2.41. The van der Waals surface area contributed by atoms with Gasteiger partial charge < -0.3 is 10.2 Å². The third-order valence-corrected chi connectivity index (χ3v) is 5.03. The number of anilines is 1. The van der Waals surface area contributed by atoms with Crippen LogP contribution >= 0.6 is 0 Å². The topological polar surface area (TPSA) is 49.4 Å². The molecule has 0 unspecified atom stereocenters. The Hall–Kier alpha value is -2.62. The predicted octanol–water partition coefficient (Wildman–Crippen LogP) is 3.69. The number of carbonyl (C=O) groups is 2. The standard InChI is InChI=1S/C21H22N2O2/c24-19-10-5-13-23(19)18-9-4-8-17(14-18)21(25)22-20(16-11-12-16)15-6-2-1-3-7-15/h1-4,6-9,14,16,20H,5,10-13H2,(H,22,25)/t20-/m1/s1. The van der Waals surface area contributed by atoms with Crippen molar-refractivity contribution in [1.82, 2.24) is 5.32 Å². The summed E-state index contributed by atoms with van der Waals surface area (Å²) >= 11 is 0. The van der Waals surface area contributed by atoms with Crippen LogP contribution in [-0.2, 0) is 4.79 Å². The Kier molecular flexibility index (Phi) is 4.26. The van der Waals surface area contributed by atoms with Gasteiger partial charge in [-0.1, -0.05) is 36.4 Å². The Balaban J connectivity index is 1.53. The molecule has 0 bridgehead atoms. The third kappa shape index (κ3) is 3.43. The summed E-state index contributed by atoms with van der Waals surface area (Å²) in [7, 11) is 0. The van der Waals surface area contributed by atoms with Gasteiger partial charge in [0.05, 0.1) is 6.04 Å². The fourth-order valence-corrected chi connectivity index (χ4v) is 3.52. The molecule has 128 valence electrons. The fourth-order valence-electron chi connectivity index (χ4n) is 3.52. The van der Waals surface area contributed by atoms with E-state index in [0.29, 0.717) is 17.9 Å². The first-order valence-corrected chi connectivity index (χ1v) is 8.98. The molecule has 2 aromatic rings. The summed E-state index contributed by atoms with van der Waals surface area (Å²) in [5.74, 6) is 0.585. The zero-order valence-corrected chi connectivity index (χ0v) is 14.2. The maximum Gasteiger partial charge on any atom is 0.251 e. The summed E-state index contributed by atoms with van der Waals surface area (Å²) < 4.78 is 0. The molecular formula is C21H22N2O2. The zero-order valence-electron chi connectivity index (χ0n) is 14.2. The number of nitrogens with one attached hydrogen (secondary N) is 1. The first-order valence-electron chi connectivity index (χ1n) is 8.98. The van der Waals surface area contributed by atoms with E-state index < -0.39 is 0 Å². The van der Waals surface area contributed by atoms with Crippen LogP contribution < -0.4 is 10.2 Å². The van der Waals surface area contributed by atoms with Gasteiger partial charge in [-0.2, -0.15) is 0 Å². The Morgan fingerprint density at radius 1 is 1.08 bits per heavy atom. The molecule has 25 heavy (non-hydrogen) atoms. The molecule has 1 saturated heterocycles. The van der Waals surface area contributed by atoms with E-state index in [4.69, 9.17) is 0 Å². The number of rotatable bonds is 5. The molecule has 2 aromatic carbocycles. The highest BCUT2D eigenvalue weighted by atomic mass is 16.2. The molecule has 2 amide bonds. The summed E-state index contributed by atoms with van der Waals surface area (Å²) in [4.78, 5) is 26.5. The van der Waals surface area contributed by atoms with Gasteiger partial charge in [0.15, 0.2) is 0 Å². The average Bonchev–Trinajstić information content (AvgIpc) is 3.40. The second-order valence-corrected chi connectivity index (χ2v) is 6.90. The van der Waals surface area contributed by atoms with E-state index in [2.05, 4.69) is 17.4 Å². The molecule has 0 spiro atoms. The molecule has 2 aliphatic rings. The van der Waals surface area contributed by atoms with Gasteiger partial charge in [-0.3, -0.25) is 9.59 Å². The minimum atomic E-state index is -0.0748. The van der Waals surface area contributed by atoms with Crippen LogP contribution in [-0.4, -0.2) is 18.4 Å². The first-order chi connectivity index (χ1) is 12.2. The van der Waals surface area contributed by atoms with E-state index in [1.807, 2.05) is 42.5 Å². The summed E-state index contributed by atoms with van der Waals surface area (Å²) in [6, 6.07) is 17.6. The Morgan fingerprint density at radius 2 is 1.88 bits per heavy atom. The quantitative estimate of drug-likeness (QED) is 0.906. The van der Waals surface area contributed by atoms with Gasteiger partial charge in [0.2, 0.25) is 5.91 Å². The molecule has 1 N–H and O–H groups in total. The van der Waals surface area contributed by atoms with Gasteiger partial charge in [0.1, 0.15) is 0 Å². The molecule has 1 atom stereocenters. The molecule has 4 rings (SSSR count). The van der Waals surface area contributed by atoms with Gasteiger partial charge in [-0.05, 0) is 48.9 Å². The fraction of sp³-hybridized carbons (Fsp3) is 0.333. The Morgan fingerprint density at radius 3 is 2.56 bits per heavy atom. The van der Waals surface area contributed by atoms with Crippen molar-refractivity contribution in [2.75, 3.05) is 11.4 Å². The molecule has 0 aromatic heterocycles. The number of nitrogens with zero attached hydrogens (tertiary/aromatic N) is 1. The van der Waals surface area contributed by atoms with Crippen LogP contribution in [0.25, 0.3) is 0 Å². The summed E-state index contributed by atoms with van der Waals surface area (Å²) in [5, 5.41) is 3.20. The van der Waals surface area contributed by atoms with Crippen LogP contribution in [0.5, 0.6) is 0 Å². The summed E-state index contributed by atoms with van der Waals surface area (Å²) in [5.41, 5.74) is 2.58. The largest absolute Gasteiger partial charge is 0.345 e. The van der Waals surface area contributed by atoms with Crippen molar-refractivity contribution in [3.8, 4) is 0 Å². The number of amides is 2. The smallest absolute Gasteiger partial charge is 0.251 e. The number of hydrogen-bond donors (Lipinski definition) is 1. The second kappa shape index (κ2) is 6.71. The molecule has 4 heteroatoms. The molecule has 1 saturated carbocycles. The van der Waals surface area contributed by atoms with Crippen molar-refractivity contribution in [3.05, 3.63) is 65.7 Å². The van der Waals surface area contributed by atoms with Gasteiger partial charge in [-0.15, -0.1) is 0 Å². The maximum atomic E-state index is 12.8. The minimum Gasteiger partial charge on any atom is -0.345 e. The summed E-state index contributed by atoms with van der Waals surface area (Å²) in [6.07, 6.45) is 3.78. The first kappa shape index (κ1) is 15.9. The van der Waals surface area contributed by atoms with E-state index in [0.717, 1.165) is 37.1 Å². The normalized spacial score (nSPS) is 18.2. The highest BCUT2D eigenvalue weighted by Gasteiger charge is 2.33. The lowest BCUT2D eigenvalue weighted by molar-refractivity contribution is -0.117. The van der Waals surface area contributed by atoms with E-state index in [1.54, 1.807) is 4.90 Å². The summed E-state index contributed by atoms with van der Waals surface area (Å²) in [6.45, 7) is 0.735. The predicted molar refractivity (Wildman–Crippen MR) is 97.4 cm³/mol. The molecule has 4 nitrogen and oxygen atoms in total. The van der Waals surface area contributed by atoms with Gasteiger partial charge in [-0.25, -0.2) is 0 Å². The van der Waals surface area contributed by atoms with E-state index in [-0.39, 0.29) is 17.9 Å². The number of benzene rings is 2. The average molecular weight is 334 g/mol. The molecule has 0 radical (unpaired) electrons. The molecule has 1 heterocycles. The highest BCUT2D eigenvalue weighted by molar-refractivity contribution is 5.99. The minimum absolute atomic E-state index is 0.0609. The molecule has 2 fully saturated rings. The van der Waals surface area contributed by atoms with E-state index in [1.165, 1.54) is 0 Å². The molecule has 1 aliphatic carbocycles. The monoisotopic (exact) mass is 334 g/mol. The molecular weight excluding hydrogens is 312 g/mol. The lowest BCUT2D eigenvalue weighted by Crippen LogP contribution is -2.30. The third-order valence-electron chi connectivity index (χ3n) is 5.03. The van der Waals surface area contributed by atoms with Crippen LogP contribution in [0, 0.1) is 5.92 Å². The Bertz CT molecular complexity index is 783. The van der Waals surface area contributed by atoms with Gasteiger partial charge in [0, 0.05) is 24.2 Å². The van der Waals surface area contributed by atoms with Gasteiger partial charge >= 0.3 is 0 Å². The SMILES string of the molecule is O=C(N[C@H](c1ccccc1)C1CC1)c1cccc(N2CCCC2=O)c1. The van der Waals surface area contributed by atoms with Crippen LogP contribution in [0.3, 0.4) is 0 Å². The lowest BCUT2D eigenvalue weighted by atomic mass is 10.0. The number of hydrogen-bond acceptors (Lipinski definition) is 2.